The first-order valence-electron chi connectivity index (χ1n) is 9.20. The van der Waals surface area contributed by atoms with Crippen LogP contribution in [0.3, 0.4) is 0 Å². The van der Waals surface area contributed by atoms with Crippen molar-refractivity contribution in [2.75, 3.05) is 4.90 Å². The molecule has 1 aliphatic rings. The fourth-order valence-electron chi connectivity index (χ4n) is 3.07. The summed E-state index contributed by atoms with van der Waals surface area (Å²) in [7, 11) is 0. The van der Waals surface area contributed by atoms with Crippen LogP contribution in [0.1, 0.15) is 11.1 Å². The average molecular weight is 502 g/mol. The second-order valence-corrected chi connectivity index (χ2v) is 8.06. The molecule has 3 aromatic carbocycles. The maximum absolute atomic E-state index is 13.4. The maximum Gasteiger partial charge on any atom is 0.333 e. The molecule has 0 saturated carbocycles. The van der Waals surface area contributed by atoms with Crippen LogP contribution < -0.4 is 15.0 Å². The largest absolute Gasteiger partial charge is 0.488 e. The van der Waals surface area contributed by atoms with Gasteiger partial charge in [0, 0.05) is 15.1 Å². The Bertz CT molecular complexity index is 1200. The minimum Gasteiger partial charge on any atom is -0.488 e. The van der Waals surface area contributed by atoms with Crippen LogP contribution >= 0.6 is 27.5 Å². The Morgan fingerprint density at radius 1 is 1.06 bits per heavy atom. The van der Waals surface area contributed by atoms with Gasteiger partial charge in [0.15, 0.2) is 0 Å². The van der Waals surface area contributed by atoms with Gasteiger partial charge in [0.1, 0.15) is 23.9 Å². The molecule has 0 radical (unpaired) electrons. The lowest BCUT2D eigenvalue weighted by Gasteiger charge is -2.12. The molecule has 1 N–H and O–H groups in total. The second kappa shape index (κ2) is 8.91. The van der Waals surface area contributed by atoms with Gasteiger partial charge in [-0.25, -0.2) is 14.1 Å². The van der Waals surface area contributed by atoms with Crippen molar-refractivity contribution in [3.8, 4) is 5.75 Å². The van der Waals surface area contributed by atoms with E-state index in [4.69, 9.17) is 16.3 Å². The molecule has 3 aromatic rings. The van der Waals surface area contributed by atoms with Gasteiger partial charge >= 0.3 is 6.03 Å². The standard InChI is InChI=1S/C23H15BrClFN2O3/c24-16-4-9-21(31-13-14-2-1-3-18(26)10-14)15(11-16)12-20-22(29)28(23(30)27-20)19-7-5-17(25)6-8-19/h1-12H,13H2,(H,27,30)/b20-12+. The van der Waals surface area contributed by atoms with Crippen molar-refractivity contribution in [2.24, 2.45) is 0 Å². The molecule has 0 aromatic heterocycles. The normalized spacial score (nSPS) is 14.8. The lowest BCUT2D eigenvalue weighted by molar-refractivity contribution is -0.113. The van der Waals surface area contributed by atoms with Gasteiger partial charge in [0.2, 0.25) is 0 Å². The number of amides is 3. The van der Waals surface area contributed by atoms with Crippen molar-refractivity contribution in [3.63, 3.8) is 0 Å². The minimum atomic E-state index is -0.559. The molecule has 3 amide bonds. The molecule has 0 bridgehead atoms. The molecule has 0 unspecified atom stereocenters. The number of anilines is 1. The number of ether oxygens (including phenoxy) is 1. The predicted molar refractivity (Wildman–Crippen MR) is 120 cm³/mol. The smallest absolute Gasteiger partial charge is 0.333 e. The number of halogens is 3. The SMILES string of the molecule is O=C1N/C(=C/c2cc(Br)ccc2OCc2cccc(F)c2)C(=O)N1c1ccc(Cl)cc1. The summed E-state index contributed by atoms with van der Waals surface area (Å²) >= 11 is 9.29. The molecule has 1 saturated heterocycles. The predicted octanol–water partition coefficient (Wildman–Crippen LogP) is 5.92. The van der Waals surface area contributed by atoms with Crippen LogP contribution in [0.5, 0.6) is 5.75 Å². The van der Waals surface area contributed by atoms with Crippen LogP contribution in [0.15, 0.2) is 76.9 Å². The molecule has 4 rings (SSSR count). The Morgan fingerprint density at radius 3 is 2.58 bits per heavy atom. The van der Waals surface area contributed by atoms with E-state index < -0.39 is 11.9 Å². The van der Waals surface area contributed by atoms with Gasteiger partial charge in [-0.05, 0) is 66.2 Å². The van der Waals surface area contributed by atoms with Crippen LogP contribution in [0.25, 0.3) is 6.08 Å². The number of imide groups is 1. The first-order valence-corrected chi connectivity index (χ1v) is 10.4. The third-order valence-corrected chi connectivity index (χ3v) is 5.26. The second-order valence-electron chi connectivity index (χ2n) is 6.71. The maximum atomic E-state index is 13.4. The fourth-order valence-corrected chi connectivity index (χ4v) is 3.57. The van der Waals surface area contributed by atoms with E-state index in [-0.39, 0.29) is 18.1 Å². The number of benzene rings is 3. The molecule has 31 heavy (non-hydrogen) atoms. The number of carbonyl (C=O) groups is 2. The van der Waals surface area contributed by atoms with Gasteiger partial charge < -0.3 is 10.1 Å². The molecule has 0 spiro atoms. The van der Waals surface area contributed by atoms with Crippen molar-refractivity contribution in [2.45, 2.75) is 6.61 Å². The van der Waals surface area contributed by atoms with Gasteiger partial charge in [-0.2, -0.15) is 0 Å². The topological polar surface area (TPSA) is 58.6 Å². The van der Waals surface area contributed by atoms with E-state index in [1.807, 2.05) is 0 Å². The van der Waals surface area contributed by atoms with E-state index in [1.54, 1.807) is 60.7 Å². The molecule has 0 atom stereocenters. The van der Waals surface area contributed by atoms with Crippen molar-refractivity contribution in [1.82, 2.24) is 5.32 Å². The van der Waals surface area contributed by atoms with E-state index in [0.717, 1.165) is 9.37 Å². The summed E-state index contributed by atoms with van der Waals surface area (Å²) in [5, 5.41) is 3.09. The number of hydrogen-bond acceptors (Lipinski definition) is 3. The van der Waals surface area contributed by atoms with Crippen molar-refractivity contribution in [3.05, 3.63) is 98.9 Å². The number of hydrogen-bond donors (Lipinski definition) is 1. The minimum absolute atomic E-state index is 0.105. The number of nitrogens with one attached hydrogen (secondary N) is 1. The number of nitrogens with zero attached hydrogens (tertiary/aromatic N) is 1. The number of urea groups is 1. The van der Waals surface area contributed by atoms with Gasteiger partial charge in [0.25, 0.3) is 5.91 Å². The highest BCUT2D eigenvalue weighted by Crippen LogP contribution is 2.29. The first kappa shape index (κ1) is 21.1. The summed E-state index contributed by atoms with van der Waals surface area (Å²) in [6.07, 6.45) is 1.54. The zero-order valence-corrected chi connectivity index (χ0v) is 18.3. The van der Waals surface area contributed by atoms with Gasteiger partial charge in [-0.15, -0.1) is 0 Å². The first-order chi connectivity index (χ1) is 14.9. The summed E-state index contributed by atoms with van der Waals surface area (Å²) in [4.78, 5) is 26.3. The van der Waals surface area contributed by atoms with Crippen molar-refractivity contribution in [1.29, 1.82) is 0 Å². The van der Waals surface area contributed by atoms with Crippen molar-refractivity contribution < 1.29 is 18.7 Å². The Morgan fingerprint density at radius 2 is 1.84 bits per heavy atom. The van der Waals surface area contributed by atoms with Crippen LogP contribution in [0.4, 0.5) is 14.9 Å². The molecule has 1 heterocycles. The molecular formula is C23H15BrClFN2O3. The third kappa shape index (κ3) is 4.78. The average Bonchev–Trinajstić information content (AvgIpc) is 3.01. The van der Waals surface area contributed by atoms with Crippen LogP contribution in [0, 0.1) is 5.82 Å². The quantitative estimate of drug-likeness (QED) is 0.349. The van der Waals surface area contributed by atoms with Crippen LogP contribution in [-0.2, 0) is 11.4 Å². The van der Waals surface area contributed by atoms with Gasteiger partial charge in [-0.3, -0.25) is 4.79 Å². The summed E-state index contributed by atoms with van der Waals surface area (Å²) < 4.78 is 20.0. The van der Waals surface area contributed by atoms with Crippen LogP contribution in [0.2, 0.25) is 5.02 Å². The Balaban J connectivity index is 1.60. The fraction of sp³-hybridized carbons (Fsp3) is 0.0435. The third-order valence-electron chi connectivity index (χ3n) is 4.52. The molecule has 156 valence electrons. The molecule has 1 aliphatic heterocycles. The zero-order chi connectivity index (χ0) is 22.0. The summed E-state index contributed by atoms with van der Waals surface area (Å²) in [5.41, 5.74) is 1.76. The van der Waals surface area contributed by atoms with Crippen LogP contribution in [-0.4, -0.2) is 11.9 Å². The van der Waals surface area contributed by atoms with E-state index in [0.29, 0.717) is 27.6 Å². The molecule has 0 aliphatic carbocycles. The van der Waals surface area contributed by atoms with Gasteiger partial charge in [-0.1, -0.05) is 39.7 Å². The highest BCUT2D eigenvalue weighted by molar-refractivity contribution is 9.10. The van der Waals surface area contributed by atoms with E-state index >= 15 is 0 Å². The van der Waals surface area contributed by atoms with Gasteiger partial charge in [0.05, 0.1) is 5.69 Å². The van der Waals surface area contributed by atoms with Crippen molar-refractivity contribution >= 4 is 51.2 Å². The highest BCUT2D eigenvalue weighted by atomic mass is 79.9. The summed E-state index contributed by atoms with van der Waals surface area (Å²) in [6, 6.07) is 17.2. The lowest BCUT2D eigenvalue weighted by atomic mass is 10.1. The van der Waals surface area contributed by atoms with E-state index in [2.05, 4.69) is 21.2 Å². The monoisotopic (exact) mass is 500 g/mol. The molecule has 8 heteroatoms. The number of carbonyl (C=O) groups excluding carboxylic acids is 2. The summed E-state index contributed by atoms with van der Waals surface area (Å²) in [6.45, 7) is 0.146. The van der Waals surface area contributed by atoms with E-state index in [9.17, 15) is 14.0 Å². The number of rotatable bonds is 5. The molecule has 1 fully saturated rings. The lowest BCUT2D eigenvalue weighted by Crippen LogP contribution is -2.30. The Hall–Kier alpha value is -3.16. The highest BCUT2D eigenvalue weighted by Gasteiger charge is 2.35. The zero-order valence-electron chi connectivity index (χ0n) is 15.9. The Kier molecular flexibility index (Phi) is 6.06. The summed E-state index contributed by atoms with van der Waals surface area (Å²) in [5.74, 6) is -0.365. The Labute approximate surface area is 191 Å². The molecule has 5 nitrogen and oxygen atoms in total. The van der Waals surface area contributed by atoms with E-state index in [1.165, 1.54) is 12.1 Å². The molecular weight excluding hydrogens is 487 g/mol.